The molecule has 2 saturated heterocycles. The molecule has 2 aliphatic heterocycles. The van der Waals surface area contributed by atoms with E-state index in [0.717, 1.165) is 42.5 Å². The largest absolute Gasteiger partial charge is 0.355 e. The lowest BCUT2D eigenvalue weighted by Gasteiger charge is -2.34. The summed E-state index contributed by atoms with van der Waals surface area (Å²) in [5.41, 5.74) is 2.91. The Hall–Kier alpha value is -3.19. The number of likely N-dealkylation sites (tertiary alicyclic amines) is 1. The maximum absolute atomic E-state index is 13.0. The third-order valence-electron chi connectivity index (χ3n) is 7.33. The van der Waals surface area contributed by atoms with Crippen LogP contribution in [0.2, 0.25) is 0 Å². The van der Waals surface area contributed by atoms with Crippen LogP contribution in [0, 0.1) is 0 Å². The van der Waals surface area contributed by atoms with E-state index in [9.17, 15) is 9.59 Å². The molecule has 1 aromatic heterocycles. The molecule has 2 amide bonds. The van der Waals surface area contributed by atoms with Gasteiger partial charge in [-0.05, 0) is 50.3 Å². The van der Waals surface area contributed by atoms with E-state index in [1.165, 1.54) is 5.56 Å². The minimum Gasteiger partial charge on any atom is -0.355 e. The maximum Gasteiger partial charge on any atom is 0.234 e. The lowest BCUT2D eigenvalue weighted by molar-refractivity contribution is -0.123. The van der Waals surface area contributed by atoms with Gasteiger partial charge in [0.1, 0.15) is 5.82 Å². The number of hydrogen-bond acceptors (Lipinski definition) is 4. The van der Waals surface area contributed by atoms with Crippen molar-refractivity contribution in [1.29, 1.82) is 0 Å². The highest BCUT2D eigenvalue weighted by Crippen LogP contribution is 2.39. The van der Waals surface area contributed by atoms with E-state index >= 15 is 0 Å². The summed E-state index contributed by atoms with van der Waals surface area (Å²) in [6.45, 7) is 3.03. The van der Waals surface area contributed by atoms with Crippen molar-refractivity contribution in [2.45, 2.75) is 63.1 Å². The van der Waals surface area contributed by atoms with Crippen LogP contribution in [0.5, 0.6) is 0 Å². The Bertz CT molecular complexity index is 1130. The number of rotatable bonds is 7. The molecule has 0 bridgehead atoms. The van der Waals surface area contributed by atoms with E-state index in [1.807, 2.05) is 30.3 Å². The molecule has 178 valence electrons. The molecule has 34 heavy (non-hydrogen) atoms. The van der Waals surface area contributed by atoms with Crippen LogP contribution in [-0.4, -0.2) is 57.4 Å². The minimum atomic E-state index is -0.304. The maximum atomic E-state index is 13.0. The van der Waals surface area contributed by atoms with Gasteiger partial charge in [0.25, 0.3) is 0 Å². The van der Waals surface area contributed by atoms with Gasteiger partial charge in [0.15, 0.2) is 0 Å². The number of amides is 2. The van der Waals surface area contributed by atoms with Crippen LogP contribution in [-0.2, 0) is 22.4 Å². The number of benzene rings is 2. The zero-order valence-electron chi connectivity index (χ0n) is 19.7. The van der Waals surface area contributed by atoms with Crippen LogP contribution in [0.4, 0.5) is 0 Å². The molecule has 3 aromatic rings. The number of carbonyl (C=O) groups excluding carboxylic acids is 2. The zero-order chi connectivity index (χ0) is 23.5. The second-order valence-electron chi connectivity index (χ2n) is 9.89. The van der Waals surface area contributed by atoms with Gasteiger partial charge in [-0.3, -0.25) is 14.5 Å². The number of para-hydroxylation sites is 2. The van der Waals surface area contributed by atoms with Gasteiger partial charge in [-0.1, -0.05) is 42.5 Å². The van der Waals surface area contributed by atoms with Crippen molar-refractivity contribution in [3.05, 3.63) is 66.0 Å². The fourth-order valence-electron chi connectivity index (χ4n) is 5.80. The summed E-state index contributed by atoms with van der Waals surface area (Å²) in [6.07, 6.45) is 4.72. The fourth-order valence-corrected chi connectivity index (χ4v) is 5.80. The molecule has 3 N–H and O–H groups in total. The first-order chi connectivity index (χ1) is 16.5. The molecule has 0 unspecified atom stereocenters. The number of fused-ring (bicyclic) bond motifs is 2. The van der Waals surface area contributed by atoms with Gasteiger partial charge in [-0.2, -0.15) is 0 Å². The van der Waals surface area contributed by atoms with E-state index in [2.05, 4.69) is 56.7 Å². The monoisotopic (exact) mass is 459 g/mol. The smallest absolute Gasteiger partial charge is 0.234 e. The molecule has 2 aromatic carbocycles. The van der Waals surface area contributed by atoms with Gasteiger partial charge >= 0.3 is 0 Å². The van der Waals surface area contributed by atoms with Crippen LogP contribution in [0.3, 0.4) is 0 Å². The summed E-state index contributed by atoms with van der Waals surface area (Å²) in [4.78, 5) is 35.6. The van der Waals surface area contributed by atoms with Gasteiger partial charge in [0.05, 0.1) is 23.1 Å². The first kappa shape index (κ1) is 22.6. The number of imidazole rings is 1. The average Bonchev–Trinajstić information content (AvgIpc) is 3.28. The summed E-state index contributed by atoms with van der Waals surface area (Å²) >= 11 is 0. The van der Waals surface area contributed by atoms with Crippen LogP contribution in [0.25, 0.3) is 11.0 Å². The molecule has 2 aliphatic rings. The highest BCUT2D eigenvalue weighted by Gasteiger charge is 2.50. The lowest BCUT2D eigenvalue weighted by Crippen LogP contribution is -2.54. The minimum absolute atomic E-state index is 0.0222. The number of aromatic amines is 1. The van der Waals surface area contributed by atoms with Gasteiger partial charge in [-0.15, -0.1) is 0 Å². The summed E-state index contributed by atoms with van der Waals surface area (Å²) in [6, 6.07) is 18.7. The van der Waals surface area contributed by atoms with E-state index in [0.29, 0.717) is 25.9 Å². The standard InChI is InChI=1S/C27H33N5O2/c1-27-17-20(16-19-8-3-2-4-9-19)32(23(27)12-7-13-25(33)31-27)18-26(34)28-15-14-24-29-21-10-5-6-11-22(21)30-24/h2-6,8-11,20,23H,7,12-18H2,1H3,(H,28,34)(H,29,30)(H,31,33)/t20-,23+,27+/m1/s1. The number of nitrogens with one attached hydrogen (secondary N) is 3. The number of H-pyrrole nitrogens is 1. The molecule has 5 rings (SSSR count). The van der Waals surface area contributed by atoms with Crippen LogP contribution < -0.4 is 10.6 Å². The van der Waals surface area contributed by atoms with Crippen LogP contribution in [0.15, 0.2) is 54.6 Å². The van der Waals surface area contributed by atoms with E-state index in [-0.39, 0.29) is 29.4 Å². The molecule has 0 aliphatic carbocycles. The van der Waals surface area contributed by atoms with E-state index in [4.69, 9.17) is 0 Å². The summed E-state index contributed by atoms with van der Waals surface area (Å²) in [7, 11) is 0. The van der Waals surface area contributed by atoms with Crippen molar-refractivity contribution in [3.8, 4) is 0 Å². The Morgan fingerprint density at radius 3 is 2.79 bits per heavy atom. The van der Waals surface area contributed by atoms with Gasteiger partial charge in [0.2, 0.25) is 11.8 Å². The number of hydrogen-bond donors (Lipinski definition) is 3. The van der Waals surface area contributed by atoms with Crippen molar-refractivity contribution >= 4 is 22.8 Å². The zero-order valence-corrected chi connectivity index (χ0v) is 19.7. The van der Waals surface area contributed by atoms with E-state index < -0.39 is 0 Å². The highest BCUT2D eigenvalue weighted by molar-refractivity contribution is 5.79. The van der Waals surface area contributed by atoms with Gasteiger partial charge < -0.3 is 15.6 Å². The Morgan fingerprint density at radius 1 is 1.18 bits per heavy atom. The fraction of sp³-hybridized carbons (Fsp3) is 0.444. The third-order valence-corrected chi connectivity index (χ3v) is 7.33. The first-order valence-electron chi connectivity index (χ1n) is 12.3. The second kappa shape index (κ2) is 9.58. The normalized spacial score (nSPS) is 25.0. The Kier molecular flexibility index (Phi) is 6.37. The van der Waals surface area contributed by atoms with Crippen molar-refractivity contribution in [2.24, 2.45) is 0 Å². The van der Waals surface area contributed by atoms with Crippen LogP contribution in [0.1, 0.15) is 44.0 Å². The number of carbonyl (C=O) groups is 2. The molecular weight excluding hydrogens is 426 g/mol. The predicted molar refractivity (Wildman–Crippen MR) is 132 cm³/mol. The Balaban J connectivity index is 1.25. The van der Waals surface area contributed by atoms with E-state index in [1.54, 1.807) is 0 Å². The SMILES string of the molecule is C[C@]12C[C@@H](Cc3ccccc3)N(CC(=O)NCCc3nc4ccccc4[nH]3)[C@H]1CCCC(=O)N2. The van der Waals surface area contributed by atoms with Crippen molar-refractivity contribution in [2.75, 3.05) is 13.1 Å². The molecule has 0 spiro atoms. The number of aromatic nitrogens is 2. The van der Waals surface area contributed by atoms with Gasteiger partial charge in [-0.25, -0.2) is 4.98 Å². The molecule has 7 heteroatoms. The third kappa shape index (κ3) is 4.85. The van der Waals surface area contributed by atoms with Crippen molar-refractivity contribution in [1.82, 2.24) is 25.5 Å². The van der Waals surface area contributed by atoms with Crippen molar-refractivity contribution in [3.63, 3.8) is 0 Å². The molecule has 3 heterocycles. The van der Waals surface area contributed by atoms with Crippen LogP contribution >= 0.6 is 0 Å². The topological polar surface area (TPSA) is 90.1 Å². The quantitative estimate of drug-likeness (QED) is 0.507. The summed E-state index contributed by atoms with van der Waals surface area (Å²) < 4.78 is 0. The highest BCUT2D eigenvalue weighted by atomic mass is 16.2. The second-order valence-corrected chi connectivity index (χ2v) is 9.89. The summed E-state index contributed by atoms with van der Waals surface area (Å²) in [5.74, 6) is 1.03. The van der Waals surface area contributed by atoms with Crippen molar-refractivity contribution < 1.29 is 9.59 Å². The molecule has 7 nitrogen and oxygen atoms in total. The number of nitrogens with zero attached hydrogens (tertiary/aromatic N) is 2. The lowest BCUT2D eigenvalue weighted by atomic mass is 9.89. The first-order valence-corrected chi connectivity index (χ1v) is 12.3. The molecular formula is C27H33N5O2. The Morgan fingerprint density at radius 2 is 1.97 bits per heavy atom. The van der Waals surface area contributed by atoms with Gasteiger partial charge in [0, 0.05) is 31.5 Å². The predicted octanol–water partition coefficient (Wildman–Crippen LogP) is 2.97. The summed E-state index contributed by atoms with van der Waals surface area (Å²) in [5, 5.41) is 6.38. The molecule has 2 fully saturated rings. The molecule has 3 atom stereocenters. The Labute approximate surface area is 200 Å². The molecule has 0 saturated carbocycles. The average molecular weight is 460 g/mol. The molecule has 0 radical (unpaired) electrons.